The van der Waals surface area contributed by atoms with Gasteiger partial charge in [0.15, 0.2) is 0 Å². The smallest absolute Gasteiger partial charge is 0.311 e. The van der Waals surface area contributed by atoms with Crippen LogP contribution in [0.2, 0.25) is 0 Å². The zero-order valence-electron chi connectivity index (χ0n) is 10.9. The predicted molar refractivity (Wildman–Crippen MR) is 65.4 cm³/mol. The first-order valence-electron chi connectivity index (χ1n) is 6.92. The van der Waals surface area contributed by atoms with Gasteiger partial charge in [-0.1, -0.05) is 19.8 Å². The minimum Gasteiger partial charge on any atom is -0.469 e. The first-order valence-corrected chi connectivity index (χ1v) is 6.92. The van der Waals surface area contributed by atoms with Crippen LogP contribution in [0, 0.1) is 17.8 Å². The van der Waals surface area contributed by atoms with Crippen LogP contribution in [0.15, 0.2) is 0 Å². The minimum absolute atomic E-state index is 0.214. The van der Waals surface area contributed by atoms with Gasteiger partial charge in [-0.05, 0) is 43.9 Å². The monoisotopic (exact) mass is 240 g/mol. The van der Waals surface area contributed by atoms with Crippen molar-refractivity contribution in [2.24, 2.45) is 17.8 Å². The van der Waals surface area contributed by atoms with Crippen LogP contribution < -0.4 is 0 Å². The summed E-state index contributed by atoms with van der Waals surface area (Å²) in [6.07, 6.45) is 7.03. The Labute approximate surface area is 104 Å². The highest BCUT2D eigenvalue weighted by Crippen LogP contribution is 2.54. The molecule has 0 aromatic carbocycles. The first-order chi connectivity index (χ1) is 8.11. The van der Waals surface area contributed by atoms with Crippen LogP contribution in [-0.2, 0) is 9.53 Å². The molecule has 4 unspecified atom stereocenters. The summed E-state index contributed by atoms with van der Waals surface area (Å²) >= 11 is 0. The molecule has 2 bridgehead atoms. The average Bonchev–Trinajstić information content (AvgIpc) is 2.89. The van der Waals surface area contributed by atoms with E-state index in [9.17, 15) is 9.90 Å². The van der Waals surface area contributed by atoms with E-state index in [0.29, 0.717) is 11.8 Å². The highest BCUT2D eigenvalue weighted by molar-refractivity contribution is 5.74. The van der Waals surface area contributed by atoms with E-state index in [2.05, 4.69) is 6.92 Å². The molecule has 17 heavy (non-hydrogen) atoms. The number of hydrogen-bond donors (Lipinski definition) is 1. The molecule has 0 heterocycles. The van der Waals surface area contributed by atoms with Crippen molar-refractivity contribution in [3.63, 3.8) is 0 Å². The summed E-state index contributed by atoms with van der Waals surface area (Å²) < 4.78 is 4.90. The van der Waals surface area contributed by atoms with E-state index in [1.54, 1.807) is 0 Å². The number of rotatable bonds is 5. The van der Waals surface area contributed by atoms with Gasteiger partial charge in [-0.15, -0.1) is 0 Å². The van der Waals surface area contributed by atoms with E-state index >= 15 is 0 Å². The van der Waals surface area contributed by atoms with Crippen molar-refractivity contribution in [3.8, 4) is 0 Å². The van der Waals surface area contributed by atoms with E-state index in [4.69, 9.17) is 4.74 Å². The Bertz CT molecular complexity index is 289. The Hall–Kier alpha value is -0.570. The summed E-state index contributed by atoms with van der Waals surface area (Å²) in [4.78, 5) is 11.9. The van der Waals surface area contributed by atoms with E-state index in [0.717, 1.165) is 38.5 Å². The van der Waals surface area contributed by atoms with Crippen molar-refractivity contribution in [3.05, 3.63) is 0 Å². The van der Waals surface area contributed by atoms with Gasteiger partial charge >= 0.3 is 5.97 Å². The number of esters is 1. The fourth-order valence-corrected chi connectivity index (χ4v) is 3.89. The molecule has 98 valence electrons. The molecule has 2 aliphatic carbocycles. The Morgan fingerprint density at radius 2 is 2.29 bits per heavy atom. The molecular weight excluding hydrogens is 216 g/mol. The summed E-state index contributed by atoms with van der Waals surface area (Å²) in [6.45, 7) is 2.11. The Balaban J connectivity index is 2.11. The fraction of sp³-hybridized carbons (Fsp3) is 0.929. The molecule has 0 radical (unpaired) electrons. The number of carbonyl (C=O) groups excluding carboxylic acids is 1. The lowest BCUT2D eigenvalue weighted by atomic mass is 9.73. The lowest BCUT2D eigenvalue weighted by Gasteiger charge is -2.38. The summed E-state index contributed by atoms with van der Waals surface area (Å²) in [5.41, 5.74) is -0.773. The van der Waals surface area contributed by atoms with Gasteiger partial charge in [0.2, 0.25) is 0 Å². The lowest BCUT2D eigenvalue weighted by Crippen LogP contribution is -2.47. The quantitative estimate of drug-likeness (QED) is 0.751. The first kappa shape index (κ1) is 12.9. The van der Waals surface area contributed by atoms with E-state index in [-0.39, 0.29) is 11.9 Å². The van der Waals surface area contributed by atoms with Crippen molar-refractivity contribution in [1.29, 1.82) is 0 Å². The van der Waals surface area contributed by atoms with Crippen LogP contribution in [0.3, 0.4) is 0 Å². The Kier molecular flexibility index (Phi) is 3.76. The number of ether oxygens (including phenoxy) is 1. The molecule has 0 aromatic heterocycles. The number of fused-ring (bicyclic) bond motifs is 2. The van der Waals surface area contributed by atoms with Crippen molar-refractivity contribution < 1.29 is 14.6 Å². The van der Waals surface area contributed by atoms with E-state index in [1.807, 2.05) is 0 Å². The maximum atomic E-state index is 11.9. The molecule has 0 spiro atoms. The predicted octanol–water partition coefficient (Wildman–Crippen LogP) is 2.52. The third-order valence-corrected chi connectivity index (χ3v) is 4.80. The molecule has 3 nitrogen and oxygen atoms in total. The number of carbonyl (C=O) groups is 1. The maximum absolute atomic E-state index is 11.9. The largest absolute Gasteiger partial charge is 0.469 e. The Morgan fingerprint density at radius 1 is 1.53 bits per heavy atom. The molecule has 1 N–H and O–H groups in total. The van der Waals surface area contributed by atoms with Gasteiger partial charge in [0.25, 0.3) is 0 Å². The van der Waals surface area contributed by atoms with Gasteiger partial charge in [0.05, 0.1) is 18.6 Å². The highest BCUT2D eigenvalue weighted by atomic mass is 16.5. The minimum atomic E-state index is -0.773. The number of methoxy groups -OCH3 is 1. The number of hydrogen-bond acceptors (Lipinski definition) is 3. The second-order valence-corrected chi connectivity index (χ2v) is 5.79. The molecule has 0 aromatic rings. The summed E-state index contributed by atoms with van der Waals surface area (Å²) in [5, 5.41) is 10.9. The highest BCUT2D eigenvalue weighted by Gasteiger charge is 2.55. The van der Waals surface area contributed by atoms with Crippen molar-refractivity contribution in [2.45, 2.75) is 57.5 Å². The average molecular weight is 240 g/mol. The summed E-state index contributed by atoms with van der Waals surface area (Å²) in [5.74, 6) is 0.448. The third kappa shape index (κ3) is 2.22. The molecule has 2 saturated carbocycles. The fourth-order valence-electron chi connectivity index (χ4n) is 3.89. The summed E-state index contributed by atoms with van der Waals surface area (Å²) in [6, 6.07) is 0. The van der Waals surface area contributed by atoms with Crippen LogP contribution in [0.5, 0.6) is 0 Å². The normalized spacial score (nSPS) is 37.1. The molecule has 2 aliphatic rings. The number of aliphatic hydroxyl groups is 1. The lowest BCUT2D eigenvalue weighted by molar-refractivity contribution is -0.161. The zero-order chi connectivity index (χ0) is 12.5. The van der Waals surface area contributed by atoms with Gasteiger partial charge in [0.1, 0.15) is 0 Å². The van der Waals surface area contributed by atoms with Crippen molar-refractivity contribution >= 4 is 5.97 Å². The van der Waals surface area contributed by atoms with E-state index < -0.39 is 5.60 Å². The zero-order valence-corrected chi connectivity index (χ0v) is 10.9. The number of unbranched alkanes of at least 4 members (excludes halogenated alkanes) is 1. The van der Waals surface area contributed by atoms with Gasteiger partial charge in [-0.25, -0.2) is 0 Å². The molecule has 2 fully saturated rings. The summed E-state index contributed by atoms with van der Waals surface area (Å²) in [7, 11) is 1.43. The third-order valence-electron chi connectivity index (χ3n) is 4.80. The second kappa shape index (κ2) is 4.97. The van der Waals surface area contributed by atoms with Crippen LogP contribution in [0.4, 0.5) is 0 Å². The molecular formula is C14H24O3. The molecule has 3 heteroatoms. The maximum Gasteiger partial charge on any atom is 0.311 e. The van der Waals surface area contributed by atoms with Gasteiger partial charge in [0, 0.05) is 0 Å². The van der Waals surface area contributed by atoms with E-state index in [1.165, 1.54) is 13.5 Å². The van der Waals surface area contributed by atoms with Gasteiger partial charge in [-0.3, -0.25) is 4.79 Å². The standard InChI is InChI=1S/C14H24O3/c1-3-4-5-12(13(15)17-2)14(16)9-10-6-7-11(14)8-10/h10-12,16H,3-9H2,1-2H3. The SMILES string of the molecule is CCCCC(C(=O)OC)C1(O)CC2CCC1C2. The molecule has 0 amide bonds. The van der Waals surface area contributed by atoms with Crippen molar-refractivity contribution in [2.75, 3.05) is 7.11 Å². The second-order valence-electron chi connectivity index (χ2n) is 5.79. The van der Waals surface area contributed by atoms with Crippen LogP contribution in [-0.4, -0.2) is 23.8 Å². The topological polar surface area (TPSA) is 46.5 Å². The Morgan fingerprint density at radius 3 is 2.76 bits per heavy atom. The molecule has 0 saturated heterocycles. The van der Waals surface area contributed by atoms with Crippen molar-refractivity contribution in [1.82, 2.24) is 0 Å². The van der Waals surface area contributed by atoms with Crippen LogP contribution >= 0.6 is 0 Å². The molecule has 0 aliphatic heterocycles. The van der Waals surface area contributed by atoms with Gasteiger partial charge in [-0.2, -0.15) is 0 Å². The molecule has 4 atom stereocenters. The van der Waals surface area contributed by atoms with Crippen LogP contribution in [0.25, 0.3) is 0 Å². The molecule has 2 rings (SSSR count). The van der Waals surface area contributed by atoms with Crippen LogP contribution in [0.1, 0.15) is 51.9 Å². The van der Waals surface area contributed by atoms with Gasteiger partial charge < -0.3 is 9.84 Å².